The van der Waals surface area contributed by atoms with Crippen LogP contribution in [0.1, 0.15) is 4.88 Å². The van der Waals surface area contributed by atoms with Crippen molar-refractivity contribution in [1.29, 1.82) is 0 Å². The lowest BCUT2D eigenvalue weighted by Crippen LogP contribution is -2.27. The molecular weight excluding hydrogens is 332 g/mol. The van der Waals surface area contributed by atoms with Crippen molar-refractivity contribution >= 4 is 34.4 Å². The first kappa shape index (κ1) is 16.4. The van der Waals surface area contributed by atoms with Gasteiger partial charge >= 0.3 is 5.69 Å². The molecule has 8 nitrogen and oxygen atoms in total. The molecule has 0 amide bonds. The quantitative estimate of drug-likeness (QED) is 0.606. The lowest BCUT2D eigenvalue weighted by atomic mass is 10.3. The number of anilines is 1. The van der Waals surface area contributed by atoms with Gasteiger partial charge in [-0.1, -0.05) is 11.6 Å². The van der Waals surface area contributed by atoms with Crippen LogP contribution in [0.3, 0.4) is 0 Å². The lowest BCUT2D eigenvalue weighted by molar-refractivity contribution is -0.384. The van der Waals surface area contributed by atoms with Gasteiger partial charge in [-0.15, -0.1) is 11.3 Å². The van der Waals surface area contributed by atoms with Crippen LogP contribution in [0.25, 0.3) is 0 Å². The molecule has 0 aliphatic rings. The van der Waals surface area contributed by atoms with Crippen LogP contribution in [-0.4, -0.2) is 40.3 Å². The van der Waals surface area contributed by atoms with Crippen molar-refractivity contribution in [2.24, 2.45) is 0 Å². The normalized spacial score (nSPS) is 10.5. The van der Waals surface area contributed by atoms with Gasteiger partial charge in [0.25, 0.3) is 0 Å². The van der Waals surface area contributed by atoms with E-state index in [1.165, 1.54) is 30.6 Å². The van der Waals surface area contributed by atoms with Crippen LogP contribution in [0.4, 0.5) is 11.5 Å². The fraction of sp³-hybridized carbons (Fsp3) is 0.333. The number of hydrogen-bond acceptors (Lipinski definition) is 8. The van der Waals surface area contributed by atoms with Gasteiger partial charge in [-0.05, 0) is 0 Å². The molecule has 2 aromatic rings. The number of aliphatic hydroxyl groups excluding tert-OH is 1. The molecule has 0 radical (unpaired) electrons. The predicted molar refractivity (Wildman–Crippen MR) is 82.7 cm³/mol. The van der Waals surface area contributed by atoms with E-state index in [0.29, 0.717) is 11.0 Å². The zero-order chi connectivity index (χ0) is 16.1. The Hall–Kier alpha value is -1.97. The summed E-state index contributed by atoms with van der Waals surface area (Å²) in [6.07, 6.45) is 1.59. The first-order chi connectivity index (χ1) is 10.5. The fourth-order valence-corrected chi connectivity index (χ4v) is 2.83. The van der Waals surface area contributed by atoms with Crippen molar-refractivity contribution in [2.75, 3.05) is 25.2 Å². The molecule has 0 bridgehead atoms. The molecule has 0 aliphatic carbocycles. The highest BCUT2D eigenvalue weighted by atomic mass is 35.5. The highest BCUT2D eigenvalue weighted by Gasteiger charge is 2.23. The molecule has 0 aliphatic heterocycles. The number of nitrogens with zero attached hydrogens (tertiary/aromatic N) is 4. The molecule has 0 aromatic carbocycles. The van der Waals surface area contributed by atoms with Crippen molar-refractivity contribution in [3.63, 3.8) is 0 Å². The summed E-state index contributed by atoms with van der Waals surface area (Å²) >= 11 is 7.05. The van der Waals surface area contributed by atoms with E-state index >= 15 is 0 Å². The van der Waals surface area contributed by atoms with Crippen molar-refractivity contribution in [1.82, 2.24) is 9.97 Å². The number of ether oxygens (including phenoxy) is 1. The van der Waals surface area contributed by atoms with Gasteiger partial charge in [-0.2, -0.15) is 4.98 Å². The van der Waals surface area contributed by atoms with Gasteiger partial charge in [-0.3, -0.25) is 10.1 Å². The van der Waals surface area contributed by atoms with Crippen LogP contribution in [0.5, 0.6) is 5.88 Å². The van der Waals surface area contributed by atoms with Crippen LogP contribution < -0.4 is 9.64 Å². The third-order valence-electron chi connectivity index (χ3n) is 2.78. The van der Waals surface area contributed by atoms with Gasteiger partial charge in [0.05, 0.1) is 25.2 Å². The summed E-state index contributed by atoms with van der Waals surface area (Å²) in [5.41, 5.74) is -0.162. The van der Waals surface area contributed by atoms with E-state index in [9.17, 15) is 15.2 Å². The minimum absolute atomic E-state index is 0.128. The van der Waals surface area contributed by atoms with E-state index in [2.05, 4.69) is 9.97 Å². The molecule has 0 atom stereocenters. The third-order valence-corrected chi connectivity index (χ3v) is 3.88. The second-order valence-electron chi connectivity index (χ2n) is 4.18. The largest absolute Gasteiger partial charge is 0.481 e. The van der Waals surface area contributed by atoms with E-state index in [0.717, 1.165) is 4.88 Å². The van der Waals surface area contributed by atoms with Gasteiger partial charge in [0.15, 0.2) is 4.47 Å². The van der Waals surface area contributed by atoms with Gasteiger partial charge in [0.1, 0.15) is 0 Å². The van der Waals surface area contributed by atoms with Gasteiger partial charge in [0, 0.05) is 29.8 Å². The summed E-state index contributed by atoms with van der Waals surface area (Å²) in [6, 6.07) is 2.74. The summed E-state index contributed by atoms with van der Waals surface area (Å²) in [4.78, 5) is 21.1. The zero-order valence-corrected chi connectivity index (χ0v) is 13.2. The average Bonchev–Trinajstić information content (AvgIpc) is 2.91. The Bertz CT molecular complexity index is 666. The van der Waals surface area contributed by atoms with Crippen molar-refractivity contribution in [3.8, 4) is 5.88 Å². The Morgan fingerprint density at radius 3 is 2.86 bits per heavy atom. The molecule has 10 heteroatoms. The predicted octanol–water partition coefficient (Wildman–Crippen LogP) is 2.11. The van der Waals surface area contributed by atoms with Crippen LogP contribution in [-0.2, 0) is 6.54 Å². The Morgan fingerprint density at radius 1 is 1.55 bits per heavy atom. The smallest absolute Gasteiger partial charge is 0.311 e. The molecule has 22 heavy (non-hydrogen) atoms. The summed E-state index contributed by atoms with van der Waals surface area (Å²) in [6.45, 7) is 0.297. The second kappa shape index (κ2) is 7.34. The molecule has 0 spiro atoms. The third kappa shape index (κ3) is 3.81. The maximum absolute atomic E-state index is 11.2. The van der Waals surface area contributed by atoms with Crippen LogP contribution in [0.2, 0.25) is 4.47 Å². The lowest BCUT2D eigenvalue weighted by Gasteiger charge is -2.21. The maximum atomic E-state index is 11.2. The molecule has 0 fully saturated rings. The number of halogens is 1. The molecule has 0 saturated heterocycles. The van der Waals surface area contributed by atoms with Crippen molar-refractivity contribution in [3.05, 3.63) is 37.8 Å². The minimum atomic E-state index is -0.522. The first-order valence-corrected chi connectivity index (χ1v) is 7.40. The standard InChI is InChI=1S/C12H13ClN4O4S/c1-21-10-3-2-9(17(19)20)11(15-10)16(4-5-18)7-8-6-14-12(13)22-8/h2-3,6,18H,4-5,7H2,1H3. The summed E-state index contributed by atoms with van der Waals surface area (Å²) in [7, 11) is 1.43. The highest BCUT2D eigenvalue weighted by Crippen LogP contribution is 2.30. The molecule has 2 aromatic heterocycles. The van der Waals surface area contributed by atoms with E-state index in [1.807, 2.05) is 0 Å². The molecule has 0 unspecified atom stereocenters. The summed E-state index contributed by atoms with van der Waals surface area (Å²) in [5.74, 6) is 0.383. The van der Waals surface area contributed by atoms with E-state index in [-0.39, 0.29) is 30.5 Å². The number of rotatable bonds is 7. The number of nitro groups is 1. The number of methoxy groups -OCH3 is 1. The van der Waals surface area contributed by atoms with E-state index in [1.54, 1.807) is 11.1 Å². The van der Waals surface area contributed by atoms with Gasteiger partial charge in [-0.25, -0.2) is 4.98 Å². The molecule has 2 rings (SSSR count). The Labute approximate surface area is 135 Å². The number of aromatic nitrogens is 2. The number of pyridine rings is 1. The summed E-state index contributed by atoms with van der Waals surface area (Å²) < 4.78 is 5.40. The fourth-order valence-electron chi connectivity index (χ4n) is 1.84. The van der Waals surface area contributed by atoms with Gasteiger partial charge < -0.3 is 14.7 Å². The molecule has 118 valence electrons. The summed E-state index contributed by atoms with van der Waals surface area (Å²) in [5, 5.41) is 20.4. The van der Waals surface area contributed by atoms with Crippen LogP contribution in [0.15, 0.2) is 18.3 Å². The van der Waals surface area contributed by atoms with Gasteiger partial charge in [0.2, 0.25) is 11.7 Å². The SMILES string of the molecule is COc1ccc([N+](=O)[O-])c(N(CCO)Cc2cnc(Cl)s2)n1. The van der Waals surface area contributed by atoms with Crippen molar-refractivity contribution in [2.45, 2.75) is 6.54 Å². The molecule has 1 N–H and O–H groups in total. The Kier molecular flexibility index (Phi) is 5.47. The molecule has 2 heterocycles. The van der Waals surface area contributed by atoms with Crippen molar-refractivity contribution < 1.29 is 14.8 Å². The molecular formula is C12H13ClN4O4S. The Morgan fingerprint density at radius 2 is 2.32 bits per heavy atom. The van der Waals surface area contributed by atoms with E-state index < -0.39 is 4.92 Å². The number of thiazole rings is 1. The first-order valence-electron chi connectivity index (χ1n) is 6.20. The highest BCUT2D eigenvalue weighted by molar-refractivity contribution is 7.15. The van der Waals surface area contributed by atoms with Crippen LogP contribution >= 0.6 is 22.9 Å². The minimum Gasteiger partial charge on any atom is -0.481 e. The monoisotopic (exact) mass is 344 g/mol. The Balaban J connectivity index is 2.39. The average molecular weight is 345 g/mol. The zero-order valence-electron chi connectivity index (χ0n) is 11.6. The van der Waals surface area contributed by atoms with E-state index in [4.69, 9.17) is 16.3 Å². The number of aliphatic hydroxyl groups is 1. The maximum Gasteiger partial charge on any atom is 0.311 e. The topological polar surface area (TPSA) is 102 Å². The second-order valence-corrected chi connectivity index (χ2v) is 5.88. The van der Waals surface area contributed by atoms with Crippen LogP contribution in [0, 0.1) is 10.1 Å². The number of hydrogen-bond donors (Lipinski definition) is 1. The molecule has 0 saturated carbocycles.